The third kappa shape index (κ3) is 4.46. The van der Waals surface area contributed by atoms with E-state index in [0.29, 0.717) is 0 Å². The van der Waals surface area contributed by atoms with Crippen molar-refractivity contribution >= 4 is 5.91 Å². The Bertz CT molecular complexity index is 793. The lowest BCUT2D eigenvalue weighted by atomic mass is 9.79. The first-order valence-corrected chi connectivity index (χ1v) is 10.5. The van der Waals surface area contributed by atoms with E-state index >= 15 is 0 Å². The molecule has 0 radical (unpaired) electrons. The summed E-state index contributed by atoms with van der Waals surface area (Å²) in [5.41, 5.74) is 2.52. The van der Waals surface area contributed by atoms with Crippen molar-refractivity contribution in [1.29, 1.82) is 0 Å². The molecule has 2 heterocycles. The fourth-order valence-corrected chi connectivity index (χ4v) is 4.52. The molecule has 2 aromatic rings. The molecule has 0 aromatic heterocycles. The molecule has 0 saturated carbocycles. The maximum absolute atomic E-state index is 12.7. The Morgan fingerprint density at radius 1 is 0.966 bits per heavy atom. The summed E-state index contributed by atoms with van der Waals surface area (Å²) in [5.74, 6) is 0.808. The molecule has 29 heavy (non-hydrogen) atoms. The normalized spacial score (nSPS) is 19.7. The lowest BCUT2D eigenvalue weighted by Crippen LogP contribution is -2.57. The lowest BCUT2D eigenvalue weighted by molar-refractivity contribution is -0.137. The SMILES string of the molecule is Cc1ccc(OCC(=O)N2CCC(c3ccccc3)(N3CCOCC3)CC2)cc1. The van der Waals surface area contributed by atoms with Gasteiger partial charge in [0.1, 0.15) is 5.75 Å². The van der Waals surface area contributed by atoms with Crippen molar-refractivity contribution in [3.05, 3.63) is 65.7 Å². The predicted molar refractivity (Wildman–Crippen MR) is 113 cm³/mol. The first-order valence-electron chi connectivity index (χ1n) is 10.5. The largest absolute Gasteiger partial charge is 0.484 e. The number of morpholine rings is 1. The molecule has 2 fully saturated rings. The summed E-state index contributed by atoms with van der Waals surface area (Å²) in [7, 11) is 0. The zero-order valence-corrected chi connectivity index (χ0v) is 17.2. The van der Waals surface area contributed by atoms with Gasteiger partial charge in [-0.3, -0.25) is 9.69 Å². The van der Waals surface area contributed by atoms with Crippen molar-refractivity contribution < 1.29 is 14.3 Å². The maximum Gasteiger partial charge on any atom is 0.260 e. The van der Waals surface area contributed by atoms with Crippen molar-refractivity contribution in [2.24, 2.45) is 0 Å². The van der Waals surface area contributed by atoms with E-state index in [1.165, 1.54) is 11.1 Å². The standard InChI is InChI=1S/C24H30N2O3/c1-20-7-9-22(10-8-20)29-19-23(27)25-13-11-24(12-14-25,21-5-3-2-4-6-21)26-15-17-28-18-16-26/h2-10H,11-19H2,1H3. The molecule has 0 aliphatic carbocycles. The number of hydrogen-bond donors (Lipinski definition) is 0. The van der Waals surface area contributed by atoms with E-state index in [-0.39, 0.29) is 18.1 Å². The average molecular weight is 395 g/mol. The number of piperidine rings is 1. The molecule has 0 N–H and O–H groups in total. The van der Waals surface area contributed by atoms with Crippen LogP contribution in [-0.4, -0.2) is 61.7 Å². The Labute approximate surface area is 173 Å². The summed E-state index contributed by atoms with van der Waals surface area (Å²) in [6, 6.07) is 18.6. The second-order valence-corrected chi connectivity index (χ2v) is 7.98. The number of amides is 1. The van der Waals surface area contributed by atoms with Crippen LogP contribution in [-0.2, 0) is 15.1 Å². The highest BCUT2D eigenvalue weighted by molar-refractivity contribution is 5.78. The summed E-state index contributed by atoms with van der Waals surface area (Å²) >= 11 is 0. The van der Waals surface area contributed by atoms with Gasteiger partial charge in [-0.2, -0.15) is 0 Å². The Morgan fingerprint density at radius 3 is 2.28 bits per heavy atom. The van der Waals surface area contributed by atoms with Crippen LogP contribution in [0.1, 0.15) is 24.0 Å². The smallest absolute Gasteiger partial charge is 0.260 e. The summed E-state index contributed by atoms with van der Waals surface area (Å²) < 4.78 is 11.3. The lowest BCUT2D eigenvalue weighted by Gasteiger charge is -2.50. The molecule has 154 valence electrons. The maximum atomic E-state index is 12.7. The van der Waals surface area contributed by atoms with Crippen LogP contribution in [0, 0.1) is 6.92 Å². The summed E-state index contributed by atoms with van der Waals surface area (Å²) in [4.78, 5) is 17.2. The Morgan fingerprint density at radius 2 is 1.62 bits per heavy atom. The number of ether oxygens (including phenoxy) is 2. The predicted octanol–water partition coefficient (Wildman–Crippen LogP) is 3.22. The van der Waals surface area contributed by atoms with Gasteiger partial charge in [-0.05, 0) is 37.5 Å². The van der Waals surface area contributed by atoms with Crippen LogP contribution >= 0.6 is 0 Å². The molecule has 0 unspecified atom stereocenters. The minimum absolute atomic E-state index is 0.0143. The third-order valence-corrected chi connectivity index (χ3v) is 6.25. The number of hydrogen-bond acceptors (Lipinski definition) is 4. The van der Waals surface area contributed by atoms with Crippen LogP contribution in [0.4, 0.5) is 0 Å². The van der Waals surface area contributed by atoms with Crippen molar-refractivity contribution in [3.63, 3.8) is 0 Å². The highest BCUT2D eigenvalue weighted by atomic mass is 16.5. The number of benzene rings is 2. The van der Waals surface area contributed by atoms with E-state index in [1.54, 1.807) is 0 Å². The van der Waals surface area contributed by atoms with Gasteiger partial charge in [-0.25, -0.2) is 0 Å². The van der Waals surface area contributed by atoms with Crippen molar-refractivity contribution in [3.8, 4) is 5.75 Å². The quantitative estimate of drug-likeness (QED) is 0.781. The monoisotopic (exact) mass is 394 g/mol. The molecule has 0 spiro atoms. The Balaban J connectivity index is 1.41. The van der Waals surface area contributed by atoms with Crippen molar-refractivity contribution in [1.82, 2.24) is 9.80 Å². The van der Waals surface area contributed by atoms with E-state index < -0.39 is 0 Å². The molecule has 1 amide bonds. The molecule has 0 bridgehead atoms. The second kappa shape index (κ2) is 8.97. The first-order chi connectivity index (χ1) is 14.2. The summed E-state index contributed by atoms with van der Waals surface area (Å²) in [5, 5.41) is 0. The van der Waals surface area contributed by atoms with Crippen LogP contribution in [0.3, 0.4) is 0 Å². The molecule has 2 aromatic carbocycles. The van der Waals surface area contributed by atoms with Gasteiger partial charge in [0.2, 0.25) is 0 Å². The minimum Gasteiger partial charge on any atom is -0.484 e. The molecule has 2 saturated heterocycles. The molecular weight excluding hydrogens is 364 g/mol. The van der Waals surface area contributed by atoms with Gasteiger partial charge in [0.05, 0.1) is 13.2 Å². The van der Waals surface area contributed by atoms with E-state index in [9.17, 15) is 4.79 Å². The first kappa shape index (κ1) is 19.9. The van der Waals surface area contributed by atoms with Gasteiger partial charge in [0.25, 0.3) is 5.91 Å². The topological polar surface area (TPSA) is 42.0 Å². The van der Waals surface area contributed by atoms with Crippen molar-refractivity contribution in [2.45, 2.75) is 25.3 Å². The Kier molecular flexibility index (Phi) is 6.16. The van der Waals surface area contributed by atoms with Gasteiger partial charge in [-0.15, -0.1) is 0 Å². The second-order valence-electron chi connectivity index (χ2n) is 7.98. The highest BCUT2D eigenvalue weighted by Crippen LogP contribution is 2.39. The molecule has 5 nitrogen and oxygen atoms in total. The molecule has 2 aliphatic rings. The van der Waals surface area contributed by atoms with E-state index in [0.717, 1.165) is 58.0 Å². The van der Waals surface area contributed by atoms with Gasteiger partial charge >= 0.3 is 0 Å². The van der Waals surface area contributed by atoms with Gasteiger partial charge < -0.3 is 14.4 Å². The number of likely N-dealkylation sites (tertiary alicyclic amines) is 1. The van der Waals surface area contributed by atoms with E-state index in [4.69, 9.17) is 9.47 Å². The molecular formula is C24H30N2O3. The van der Waals surface area contributed by atoms with Crippen LogP contribution < -0.4 is 4.74 Å². The van der Waals surface area contributed by atoms with Crippen LogP contribution in [0.25, 0.3) is 0 Å². The zero-order valence-electron chi connectivity index (χ0n) is 17.2. The molecule has 4 rings (SSSR count). The van der Waals surface area contributed by atoms with Crippen LogP contribution in [0.15, 0.2) is 54.6 Å². The zero-order chi connectivity index (χ0) is 20.1. The number of nitrogens with zero attached hydrogens (tertiary/aromatic N) is 2. The van der Waals surface area contributed by atoms with Crippen LogP contribution in [0.2, 0.25) is 0 Å². The molecule has 2 aliphatic heterocycles. The minimum atomic E-state index is -0.0143. The number of carbonyl (C=O) groups is 1. The van der Waals surface area contributed by atoms with Gasteiger partial charge in [0.15, 0.2) is 6.61 Å². The Hall–Kier alpha value is -2.37. The van der Waals surface area contributed by atoms with Crippen molar-refractivity contribution in [2.75, 3.05) is 46.0 Å². The number of aryl methyl sites for hydroxylation is 1. The number of carbonyl (C=O) groups excluding carboxylic acids is 1. The fourth-order valence-electron chi connectivity index (χ4n) is 4.52. The van der Waals surface area contributed by atoms with E-state index in [2.05, 4.69) is 35.2 Å². The van der Waals surface area contributed by atoms with Crippen LogP contribution in [0.5, 0.6) is 5.75 Å². The summed E-state index contributed by atoms with van der Waals surface area (Å²) in [6.45, 7) is 7.09. The third-order valence-electron chi connectivity index (χ3n) is 6.25. The molecule has 0 atom stereocenters. The van der Waals surface area contributed by atoms with Gasteiger partial charge in [0, 0.05) is 31.7 Å². The average Bonchev–Trinajstić information content (AvgIpc) is 2.80. The fraction of sp³-hybridized carbons (Fsp3) is 0.458. The van der Waals surface area contributed by atoms with E-state index in [1.807, 2.05) is 36.1 Å². The number of rotatable bonds is 5. The molecule has 5 heteroatoms. The highest BCUT2D eigenvalue weighted by Gasteiger charge is 2.42. The summed E-state index contributed by atoms with van der Waals surface area (Å²) in [6.07, 6.45) is 1.88. The van der Waals surface area contributed by atoms with Gasteiger partial charge in [-0.1, -0.05) is 48.0 Å².